The highest BCUT2D eigenvalue weighted by Gasteiger charge is 2.17. The maximum absolute atomic E-state index is 9.20. The fraction of sp³-hybridized carbons (Fsp3) is 0.286. The van der Waals surface area contributed by atoms with Gasteiger partial charge in [-0.05, 0) is 29.8 Å². The summed E-state index contributed by atoms with van der Waals surface area (Å²) in [7, 11) is 0. The summed E-state index contributed by atoms with van der Waals surface area (Å²) >= 11 is 0. The molecule has 2 aromatic carbocycles. The zero-order valence-electron chi connectivity index (χ0n) is 14.6. The second-order valence-electron chi connectivity index (χ2n) is 6.25. The normalized spacial score (nSPS) is 11.0. The molecule has 0 aliphatic carbocycles. The molecule has 130 valence electrons. The van der Waals surface area contributed by atoms with Crippen LogP contribution in [0.25, 0.3) is 11.5 Å². The molecule has 25 heavy (non-hydrogen) atoms. The third kappa shape index (κ3) is 4.28. The predicted octanol–water partition coefficient (Wildman–Crippen LogP) is 4.58. The van der Waals surface area contributed by atoms with Crippen LogP contribution in [0.2, 0.25) is 0 Å². The van der Waals surface area contributed by atoms with E-state index in [1.165, 1.54) is 0 Å². The first-order valence-corrected chi connectivity index (χ1v) is 8.55. The molecule has 0 radical (unpaired) electrons. The number of hydrogen-bond donors (Lipinski definition) is 1. The van der Waals surface area contributed by atoms with E-state index < -0.39 is 0 Å². The largest absolute Gasteiger partial charge is 0.493 e. The number of aromatic nitrogens is 1. The number of hydrogen-bond acceptors (Lipinski definition) is 4. The number of oxazole rings is 1. The summed E-state index contributed by atoms with van der Waals surface area (Å²) in [6, 6.07) is 17.4. The molecule has 0 amide bonds. The van der Waals surface area contributed by atoms with Crippen molar-refractivity contribution in [2.24, 2.45) is 0 Å². The monoisotopic (exact) mass is 337 g/mol. The van der Waals surface area contributed by atoms with Crippen molar-refractivity contribution in [3.05, 3.63) is 71.6 Å². The Bertz CT molecular complexity index is 809. The minimum absolute atomic E-state index is 0.0123. The van der Waals surface area contributed by atoms with E-state index in [-0.39, 0.29) is 12.5 Å². The number of rotatable bonds is 7. The molecule has 1 heterocycles. The van der Waals surface area contributed by atoms with Crippen LogP contribution in [-0.4, -0.2) is 16.7 Å². The van der Waals surface area contributed by atoms with E-state index in [1.807, 2.05) is 54.6 Å². The van der Waals surface area contributed by atoms with Gasteiger partial charge in [0.25, 0.3) is 0 Å². The second-order valence-corrected chi connectivity index (χ2v) is 6.25. The maximum Gasteiger partial charge on any atom is 0.226 e. The average Bonchev–Trinajstić information content (AvgIpc) is 3.07. The second kappa shape index (κ2) is 7.99. The molecule has 3 rings (SSSR count). The van der Waals surface area contributed by atoms with Crippen molar-refractivity contribution in [3.63, 3.8) is 0 Å². The van der Waals surface area contributed by atoms with Crippen molar-refractivity contribution in [2.45, 2.75) is 32.8 Å². The van der Waals surface area contributed by atoms with Gasteiger partial charge in [0.15, 0.2) is 0 Å². The highest BCUT2D eigenvalue weighted by atomic mass is 16.5. The zero-order chi connectivity index (χ0) is 17.6. The summed E-state index contributed by atoms with van der Waals surface area (Å²) in [6.45, 7) is 4.72. The maximum atomic E-state index is 9.20. The molecule has 0 aliphatic heterocycles. The first-order valence-electron chi connectivity index (χ1n) is 8.55. The molecule has 1 aromatic heterocycles. The van der Waals surface area contributed by atoms with Crippen LogP contribution >= 0.6 is 0 Å². The van der Waals surface area contributed by atoms with Gasteiger partial charge in [0, 0.05) is 17.9 Å². The first-order chi connectivity index (χ1) is 12.2. The van der Waals surface area contributed by atoms with Crippen LogP contribution in [0.15, 0.2) is 59.0 Å². The lowest BCUT2D eigenvalue weighted by Gasteiger charge is -2.07. The Balaban J connectivity index is 1.72. The highest BCUT2D eigenvalue weighted by Crippen LogP contribution is 2.27. The lowest BCUT2D eigenvalue weighted by atomic mass is 10.1. The van der Waals surface area contributed by atoms with Crippen LogP contribution in [0.4, 0.5) is 0 Å². The SMILES string of the molecule is CC(C)c1oc(-c2ccccc2)nc1CCOc1cccc(CO)c1. The number of aliphatic hydroxyl groups is 1. The summed E-state index contributed by atoms with van der Waals surface area (Å²) < 4.78 is 11.8. The molecule has 0 atom stereocenters. The van der Waals surface area contributed by atoms with Crippen LogP contribution < -0.4 is 4.74 Å². The topological polar surface area (TPSA) is 55.5 Å². The quantitative estimate of drug-likeness (QED) is 0.686. The van der Waals surface area contributed by atoms with Gasteiger partial charge in [0.05, 0.1) is 18.9 Å². The van der Waals surface area contributed by atoms with E-state index >= 15 is 0 Å². The Morgan fingerprint density at radius 1 is 1.08 bits per heavy atom. The van der Waals surface area contributed by atoms with Gasteiger partial charge in [0.1, 0.15) is 11.5 Å². The van der Waals surface area contributed by atoms with Gasteiger partial charge >= 0.3 is 0 Å². The Morgan fingerprint density at radius 3 is 2.60 bits per heavy atom. The van der Waals surface area contributed by atoms with Gasteiger partial charge in [-0.3, -0.25) is 0 Å². The average molecular weight is 337 g/mol. The van der Waals surface area contributed by atoms with Gasteiger partial charge in [0.2, 0.25) is 5.89 Å². The van der Waals surface area contributed by atoms with Crippen molar-refractivity contribution < 1.29 is 14.3 Å². The third-order valence-corrected chi connectivity index (χ3v) is 3.96. The van der Waals surface area contributed by atoms with E-state index in [0.717, 1.165) is 28.3 Å². The summed E-state index contributed by atoms with van der Waals surface area (Å²) in [6.07, 6.45) is 0.674. The van der Waals surface area contributed by atoms with E-state index in [2.05, 4.69) is 18.8 Å². The summed E-state index contributed by atoms with van der Waals surface area (Å²) in [5, 5.41) is 9.20. The molecule has 0 fully saturated rings. The molecule has 3 aromatic rings. The summed E-state index contributed by atoms with van der Waals surface area (Å²) in [4.78, 5) is 4.68. The van der Waals surface area contributed by atoms with E-state index in [4.69, 9.17) is 9.15 Å². The van der Waals surface area contributed by atoms with Crippen molar-refractivity contribution in [2.75, 3.05) is 6.61 Å². The van der Waals surface area contributed by atoms with Gasteiger partial charge in [-0.15, -0.1) is 0 Å². The third-order valence-electron chi connectivity index (χ3n) is 3.96. The van der Waals surface area contributed by atoms with Gasteiger partial charge in [-0.2, -0.15) is 0 Å². The molecular weight excluding hydrogens is 314 g/mol. The van der Waals surface area contributed by atoms with Crippen molar-refractivity contribution in [1.82, 2.24) is 4.98 Å². The molecule has 0 bridgehead atoms. The summed E-state index contributed by atoms with van der Waals surface area (Å²) in [5.41, 5.74) is 2.76. The fourth-order valence-electron chi connectivity index (χ4n) is 2.70. The lowest BCUT2D eigenvalue weighted by molar-refractivity contribution is 0.279. The number of aliphatic hydroxyl groups excluding tert-OH is 1. The Hall–Kier alpha value is -2.59. The molecule has 4 heteroatoms. The number of ether oxygens (including phenoxy) is 1. The van der Waals surface area contributed by atoms with E-state index in [1.54, 1.807) is 0 Å². The van der Waals surface area contributed by atoms with Gasteiger partial charge in [-0.25, -0.2) is 4.98 Å². The Morgan fingerprint density at radius 2 is 1.88 bits per heavy atom. The molecule has 0 aliphatic rings. The number of benzene rings is 2. The molecular formula is C21H23NO3. The molecule has 4 nitrogen and oxygen atoms in total. The van der Waals surface area contributed by atoms with E-state index in [9.17, 15) is 5.11 Å². The Labute approximate surface area is 148 Å². The minimum Gasteiger partial charge on any atom is -0.493 e. The number of nitrogens with zero attached hydrogens (tertiary/aromatic N) is 1. The standard InChI is InChI=1S/C21H23NO3/c1-15(2)20-19(22-21(25-20)17-8-4-3-5-9-17)11-12-24-18-10-6-7-16(13-18)14-23/h3-10,13,15,23H,11-12,14H2,1-2H3. The zero-order valence-corrected chi connectivity index (χ0v) is 14.6. The molecule has 0 spiro atoms. The summed E-state index contributed by atoms with van der Waals surface area (Å²) in [5.74, 6) is 2.58. The first kappa shape index (κ1) is 17.2. The molecule has 0 unspecified atom stereocenters. The van der Waals surface area contributed by atoms with Gasteiger partial charge in [-0.1, -0.05) is 44.2 Å². The minimum atomic E-state index is 0.0123. The lowest BCUT2D eigenvalue weighted by Crippen LogP contribution is -2.04. The van der Waals surface area contributed by atoms with Crippen LogP contribution in [0.5, 0.6) is 5.75 Å². The van der Waals surface area contributed by atoms with Crippen molar-refractivity contribution >= 4 is 0 Å². The fourth-order valence-corrected chi connectivity index (χ4v) is 2.70. The Kier molecular flexibility index (Phi) is 5.51. The van der Waals surface area contributed by atoms with Crippen LogP contribution in [0, 0.1) is 0 Å². The highest BCUT2D eigenvalue weighted by molar-refractivity contribution is 5.53. The molecule has 0 saturated carbocycles. The molecule has 0 saturated heterocycles. The smallest absolute Gasteiger partial charge is 0.226 e. The van der Waals surface area contributed by atoms with Crippen LogP contribution in [0.3, 0.4) is 0 Å². The predicted molar refractivity (Wildman–Crippen MR) is 97.6 cm³/mol. The van der Waals surface area contributed by atoms with Crippen molar-refractivity contribution in [3.8, 4) is 17.2 Å². The van der Waals surface area contributed by atoms with Gasteiger partial charge < -0.3 is 14.3 Å². The molecule has 1 N–H and O–H groups in total. The van der Waals surface area contributed by atoms with Crippen molar-refractivity contribution in [1.29, 1.82) is 0 Å². The van der Waals surface area contributed by atoms with E-state index in [0.29, 0.717) is 18.9 Å². The van der Waals surface area contributed by atoms with Crippen LogP contribution in [-0.2, 0) is 13.0 Å². The van der Waals surface area contributed by atoms with Crippen LogP contribution in [0.1, 0.15) is 36.8 Å².